The molecule has 1 aliphatic rings. The first kappa shape index (κ1) is 23.2. The predicted molar refractivity (Wildman–Crippen MR) is 128 cm³/mol. The maximum atomic E-state index is 12.4. The van der Waals surface area contributed by atoms with Gasteiger partial charge in [-0.15, -0.1) is 0 Å². The summed E-state index contributed by atoms with van der Waals surface area (Å²) in [6.07, 6.45) is 2.96. The minimum atomic E-state index is -4.31. The highest BCUT2D eigenvalue weighted by molar-refractivity contribution is 7.85. The summed E-state index contributed by atoms with van der Waals surface area (Å²) in [6, 6.07) is 4.66. The number of nitrogens with one attached hydrogen (secondary N) is 1. The van der Waals surface area contributed by atoms with Gasteiger partial charge in [0.25, 0.3) is 10.1 Å². The molecule has 0 aliphatic carbocycles. The van der Waals surface area contributed by atoms with E-state index in [1.807, 2.05) is 18.2 Å². The summed E-state index contributed by atoms with van der Waals surface area (Å²) in [5.41, 5.74) is 15.1. The summed E-state index contributed by atoms with van der Waals surface area (Å²) in [5, 5.41) is 0.931. The van der Waals surface area contributed by atoms with E-state index in [0.717, 1.165) is 47.2 Å². The van der Waals surface area contributed by atoms with Crippen LogP contribution in [0.1, 0.15) is 25.6 Å². The highest BCUT2D eigenvalue weighted by Crippen LogP contribution is 2.30. The minimum absolute atomic E-state index is 0.399. The molecule has 178 valence electrons. The van der Waals surface area contributed by atoms with Crippen LogP contribution in [-0.2, 0) is 21.3 Å². The summed E-state index contributed by atoms with van der Waals surface area (Å²) in [6.45, 7) is 4.06. The molecule has 6 N–H and O–H groups in total. The highest BCUT2D eigenvalue weighted by Gasteiger charge is 2.28. The standard InChI is InChI=1S/C21H29N7O4S/c1-2-3-4-17-25-18-14-11-13(5-6-16(14)24-20(23)19(18)26-17)27-7-9-28(10-8-27)21(29)15(22)12-33(30,31)32/h5-6,11,15H,2-4,7-10,12,22H2,1H3,(H2,23,24)(H,25,26)(H,30,31,32)/t15-/m0/s1. The van der Waals surface area contributed by atoms with Crippen LogP contribution in [-0.4, -0.2) is 76.7 Å². The monoisotopic (exact) mass is 475 g/mol. The lowest BCUT2D eigenvalue weighted by Gasteiger charge is -2.37. The Hall–Kier alpha value is -2.96. The number of amides is 1. The van der Waals surface area contributed by atoms with Crippen molar-refractivity contribution in [3.63, 3.8) is 0 Å². The van der Waals surface area contributed by atoms with Gasteiger partial charge >= 0.3 is 0 Å². The van der Waals surface area contributed by atoms with Crippen molar-refractivity contribution < 1.29 is 17.8 Å². The molecular weight excluding hydrogens is 446 g/mol. The second-order valence-electron chi connectivity index (χ2n) is 8.38. The second kappa shape index (κ2) is 9.12. The summed E-state index contributed by atoms with van der Waals surface area (Å²) in [5.74, 6) is 0.0289. The van der Waals surface area contributed by atoms with Crippen LogP contribution >= 0.6 is 0 Å². The SMILES string of the molecule is CCCCc1nc2c(N)nc3ccc(N4CCN(C(=O)[C@@H](N)CS(=O)(=O)O)CC4)cc3c2[nH]1. The van der Waals surface area contributed by atoms with E-state index in [0.29, 0.717) is 37.5 Å². The van der Waals surface area contributed by atoms with Gasteiger partial charge in [0.2, 0.25) is 5.91 Å². The third kappa shape index (κ3) is 5.02. The first-order chi connectivity index (χ1) is 15.7. The molecule has 3 heterocycles. The van der Waals surface area contributed by atoms with E-state index < -0.39 is 27.8 Å². The number of benzene rings is 1. The van der Waals surface area contributed by atoms with Crippen molar-refractivity contribution in [2.45, 2.75) is 32.2 Å². The summed E-state index contributed by atoms with van der Waals surface area (Å²) in [7, 11) is -4.31. The van der Waals surface area contributed by atoms with Crippen LogP contribution in [0.2, 0.25) is 0 Å². The van der Waals surface area contributed by atoms with Gasteiger partial charge in [-0.3, -0.25) is 9.35 Å². The molecule has 0 saturated carbocycles. The van der Waals surface area contributed by atoms with E-state index >= 15 is 0 Å². The molecule has 1 aromatic carbocycles. The third-order valence-corrected chi connectivity index (χ3v) is 6.70. The lowest BCUT2D eigenvalue weighted by atomic mass is 10.1. The molecule has 0 radical (unpaired) electrons. The number of anilines is 2. The van der Waals surface area contributed by atoms with E-state index in [2.05, 4.69) is 26.8 Å². The first-order valence-electron chi connectivity index (χ1n) is 11.0. The molecule has 2 aromatic heterocycles. The van der Waals surface area contributed by atoms with Crippen LogP contribution in [0, 0.1) is 0 Å². The molecule has 1 saturated heterocycles. The maximum absolute atomic E-state index is 12.4. The molecule has 1 fully saturated rings. The number of hydrogen-bond donors (Lipinski definition) is 4. The molecular formula is C21H29N7O4S. The number of aryl methyl sites for hydroxylation is 1. The molecule has 1 aliphatic heterocycles. The molecule has 33 heavy (non-hydrogen) atoms. The Morgan fingerprint density at radius 2 is 1.97 bits per heavy atom. The van der Waals surface area contributed by atoms with Crippen LogP contribution in [0.15, 0.2) is 18.2 Å². The number of aromatic amines is 1. The number of aromatic nitrogens is 3. The van der Waals surface area contributed by atoms with E-state index in [1.54, 1.807) is 0 Å². The van der Waals surface area contributed by atoms with Gasteiger partial charge in [0.15, 0.2) is 5.82 Å². The number of nitrogens with two attached hydrogens (primary N) is 2. The topological polar surface area (TPSA) is 172 Å². The Morgan fingerprint density at radius 1 is 1.24 bits per heavy atom. The number of rotatable bonds is 7. The van der Waals surface area contributed by atoms with Gasteiger partial charge in [0.05, 0.1) is 16.8 Å². The summed E-state index contributed by atoms with van der Waals surface area (Å²) >= 11 is 0. The number of hydrogen-bond acceptors (Lipinski definition) is 8. The number of piperazine rings is 1. The first-order valence-corrected chi connectivity index (χ1v) is 12.6. The quantitative estimate of drug-likeness (QED) is 0.362. The lowest BCUT2D eigenvalue weighted by Crippen LogP contribution is -2.54. The van der Waals surface area contributed by atoms with E-state index in [9.17, 15) is 13.2 Å². The zero-order valence-corrected chi connectivity index (χ0v) is 19.3. The van der Waals surface area contributed by atoms with Crippen LogP contribution in [0.3, 0.4) is 0 Å². The number of pyridine rings is 1. The molecule has 11 nitrogen and oxygen atoms in total. The van der Waals surface area contributed by atoms with Crippen molar-refractivity contribution in [1.82, 2.24) is 19.9 Å². The van der Waals surface area contributed by atoms with Gasteiger partial charge < -0.3 is 26.3 Å². The fourth-order valence-electron chi connectivity index (χ4n) is 4.18. The second-order valence-corrected chi connectivity index (χ2v) is 9.87. The van der Waals surface area contributed by atoms with Crippen molar-refractivity contribution in [3.8, 4) is 0 Å². The largest absolute Gasteiger partial charge is 0.382 e. The Balaban J connectivity index is 1.53. The zero-order chi connectivity index (χ0) is 23.8. The van der Waals surface area contributed by atoms with E-state index in [4.69, 9.17) is 16.0 Å². The van der Waals surface area contributed by atoms with Crippen LogP contribution in [0.25, 0.3) is 21.9 Å². The maximum Gasteiger partial charge on any atom is 0.266 e. The number of nitrogen functional groups attached to an aromatic ring is 1. The summed E-state index contributed by atoms with van der Waals surface area (Å²) < 4.78 is 31.0. The van der Waals surface area contributed by atoms with Crippen LogP contribution in [0.5, 0.6) is 0 Å². The Bertz CT molecular complexity index is 1280. The van der Waals surface area contributed by atoms with Crippen LogP contribution in [0.4, 0.5) is 11.5 Å². The van der Waals surface area contributed by atoms with E-state index in [1.165, 1.54) is 4.90 Å². The average Bonchev–Trinajstić information content (AvgIpc) is 3.21. The lowest BCUT2D eigenvalue weighted by molar-refractivity contribution is -0.132. The van der Waals surface area contributed by atoms with Crippen molar-refractivity contribution >= 4 is 49.5 Å². The molecule has 0 unspecified atom stereocenters. The number of carbonyl (C=O) groups is 1. The minimum Gasteiger partial charge on any atom is -0.382 e. The van der Waals surface area contributed by atoms with Crippen molar-refractivity contribution in [2.75, 3.05) is 42.6 Å². The number of unbranched alkanes of at least 4 members (excludes halogenated alkanes) is 1. The Labute approximate surface area is 191 Å². The number of fused-ring (bicyclic) bond motifs is 3. The molecule has 0 bridgehead atoms. The molecule has 0 spiro atoms. The van der Waals surface area contributed by atoms with Crippen molar-refractivity contribution in [2.24, 2.45) is 5.73 Å². The molecule has 1 amide bonds. The van der Waals surface area contributed by atoms with Gasteiger partial charge in [0, 0.05) is 43.7 Å². The smallest absolute Gasteiger partial charge is 0.266 e. The highest BCUT2D eigenvalue weighted by atomic mass is 32.2. The number of H-pyrrole nitrogens is 1. The van der Waals surface area contributed by atoms with Crippen LogP contribution < -0.4 is 16.4 Å². The van der Waals surface area contributed by atoms with Crippen molar-refractivity contribution in [1.29, 1.82) is 0 Å². The average molecular weight is 476 g/mol. The fraction of sp³-hybridized carbons (Fsp3) is 0.476. The Morgan fingerprint density at radius 3 is 2.64 bits per heavy atom. The fourth-order valence-corrected chi connectivity index (χ4v) is 4.78. The predicted octanol–water partition coefficient (Wildman–Crippen LogP) is 0.900. The van der Waals surface area contributed by atoms with Gasteiger partial charge in [-0.25, -0.2) is 9.97 Å². The number of carbonyl (C=O) groups excluding carboxylic acids is 1. The number of imidazole rings is 1. The van der Waals surface area contributed by atoms with Gasteiger partial charge in [-0.2, -0.15) is 8.42 Å². The molecule has 3 aromatic rings. The molecule has 12 heteroatoms. The molecule has 1 atom stereocenters. The zero-order valence-electron chi connectivity index (χ0n) is 18.5. The molecule has 4 rings (SSSR count). The summed E-state index contributed by atoms with van der Waals surface area (Å²) in [4.78, 5) is 28.7. The van der Waals surface area contributed by atoms with Gasteiger partial charge in [0.1, 0.15) is 17.4 Å². The van der Waals surface area contributed by atoms with Gasteiger partial charge in [-0.1, -0.05) is 13.3 Å². The number of nitrogens with zero attached hydrogens (tertiary/aromatic N) is 4. The Kier molecular flexibility index (Phi) is 6.41. The van der Waals surface area contributed by atoms with E-state index in [-0.39, 0.29) is 0 Å². The van der Waals surface area contributed by atoms with Crippen molar-refractivity contribution in [3.05, 3.63) is 24.0 Å². The third-order valence-electron chi connectivity index (χ3n) is 5.92. The normalized spacial score (nSPS) is 16.0. The van der Waals surface area contributed by atoms with Gasteiger partial charge in [-0.05, 0) is 24.6 Å².